The Balaban J connectivity index is 2.04. The van der Waals surface area contributed by atoms with Crippen LogP contribution in [0.3, 0.4) is 0 Å². The highest BCUT2D eigenvalue weighted by atomic mass is 35.5. The van der Waals surface area contributed by atoms with Gasteiger partial charge in [0.2, 0.25) is 0 Å². The molecule has 0 amide bonds. The molecular weight excluding hydrogens is 465 g/mol. The molecule has 0 unspecified atom stereocenters. The number of ether oxygens (including phenoxy) is 1. The number of aromatic nitrogens is 3. The maximum Gasteiger partial charge on any atom is 0.331 e. The van der Waals surface area contributed by atoms with Gasteiger partial charge in [0.1, 0.15) is 11.5 Å². The highest BCUT2D eigenvalue weighted by Gasteiger charge is 2.42. The molecule has 9 heteroatoms. The Hall–Kier alpha value is -2.74. The minimum absolute atomic E-state index is 0.359. The van der Waals surface area contributed by atoms with Gasteiger partial charge < -0.3 is 13.7 Å². The van der Waals surface area contributed by atoms with Crippen LogP contribution in [-0.4, -0.2) is 20.3 Å². The molecule has 5 rings (SSSR count). The molecule has 0 saturated heterocycles. The Bertz CT molecular complexity index is 1550. The SMILES string of the molecule is Cc1ccc([C@@H]2OCC(C)(C)n3c(-c4ccc(Cl)cc4Cl)c4c(=O)n(C)c(=O)n(C)c4c32)o1. The predicted molar refractivity (Wildman–Crippen MR) is 128 cm³/mol. The number of aryl methyl sites for hydroxylation is 2. The zero-order chi connectivity index (χ0) is 23.8. The lowest BCUT2D eigenvalue weighted by molar-refractivity contribution is -0.0166. The first-order chi connectivity index (χ1) is 15.5. The van der Waals surface area contributed by atoms with Crippen molar-refractivity contribution in [1.29, 1.82) is 0 Å². The number of fused-ring (bicyclic) bond motifs is 3. The van der Waals surface area contributed by atoms with Gasteiger partial charge in [0.15, 0.2) is 6.10 Å². The Kier molecular flexibility index (Phi) is 4.94. The summed E-state index contributed by atoms with van der Waals surface area (Å²) in [5.41, 5.74) is 1.07. The molecule has 0 fully saturated rings. The van der Waals surface area contributed by atoms with E-state index in [9.17, 15) is 9.59 Å². The number of furan rings is 1. The molecule has 7 nitrogen and oxygen atoms in total. The number of hydrogen-bond acceptors (Lipinski definition) is 4. The maximum absolute atomic E-state index is 13.6. The van der Waals surface area contributed by atoms with Gasteiger partial charge in [0.25, 0.3) is 5.56 Å². The van der Waals surface area contributed by atoms with Gasteiger partial charge in [0, 0.05) is 24.7 Å². The van der Waals surface area contributed by atoms with Gasteiger partial charge in [-0.05, 0) is 51.1 Å². The van der Waals surface area contributed by atoms with Gasteiger partial charge in [0.05, 0.1) is 39.5 Å². The first-order valence-corrected chi connectivity index (χ1v) is 11.3. The molecule has 0 spiro atoms. The second-order valence-electron chi connectivity index (χ2n) is 9.07. The fourth-order valence-corrected chi connectivity index (χ4v) is 5.24. The third kappa shape index (κ3) is 3.14. The average molecular weight is 488 g/mol. The van der Waals surface area contributed by atoms with Crippen LogP contribution in [0.2, 0.25) is 10.0 Å². The lowest BCUT2D eigenvalue weighted by Crippen LogP contribution is -2.40. The smallest absolute Gasteiger partial charge is 0.331 e. The van der Waals surface area contributed by atoms with Crippen LogP contribution in [0.5, 0.6) is 0 Å². The van der Waals surface area contributed by atoms with E-state index in [1.807, 2.05) is 32.9 Å². The summed E-state index contributed by atoms with van der Waals surface area (Å²) in [5.74, 6) is 1.34. The molecule has 1 aromatic carbocycles. The third-order valence-electron chi connectivity index (χ3n) is 6.27. The van der Waals surface area contributed by atoms with Gasteiger partial charge in [-0.3, -0.25) is 13.9 Å². The lowest BCUT2D eigenvalue weighted by atomic mass is 10.0. The van der Waals surface area contributed by atoms with Gasteiger partial charge >= 0.3 is 5.69 Å². The molecule has 33 heavy (non-hydrogen) atoms. The quantitative estimate of drug-likeness (QED) is 0.408. The molecule has 4 heterocycles. The molecular formula is C24H23Cl2N3O4. The van der Waals surface area contributed by atoms with E-state index in [0.717, 1.165) is 10.3 Å². The van der Waals surface area contributed by atoms with E-state index in [4.69, 9.17) is 32.4 Å². The summed E-state index contributed by atoms with van der Waals surface area (Å²) in [5, 5.41) is 1.30. The topological polar surface area (TPSA) is 71.3 Å². The molecule has 0 aliphatic carbocycles. The number of rotatable bonds is 2. The molecule has 1 aliphatic heterocycles. The Morgan fingerprint density at radius 3 is 2.42 bits per heavy atom. The van der Waals surface area contributed by atoms with Crippen molar-refractivity contribution in [2.24, 2.45) is 14.1 Å². The Morgan fingerprint density at radius 1 is 1.06 bits per heavy atom. The van der Waals surface area contributed by atoms with Crippen molar-refractivity contribution in [3.8, 4) is 11.3 Å². The summed E-state index contributed by atoms with van der Waals surface area (Å²) in [6.07, 6.45) is -0.605. The minimum atomic E-state index is -0.605. The van der Waals surface area contributed by atoms with Crippen molar-refractivity contribution in [2.75, 3.05) is 6.61 Å². The number of halogens is 2. The summed E-state index contributed by atoms with van der Waals surface area (Å²) < 4.78 is 16.9. The van der Waals surface area contributed by atoms with Crippen LogP contribution < -0.4 is 11.2 Å². The summed E-state index contributed by atoms with van der Waals surface area (Å²) in [4.78, 5) is 26.5. The summed E-state index contributed by atoms with van der Waals surface area (Å²) in [6.45, 7) is 6.26. The maximum atomic E-state index is 13.6. The van der Waals surface area contributed by atoms with Crippen molar-refractivity contribution >= 4 is 34.1 Å². The molecule has 0 saturated carbocycles. The highest BCUT2D eigenvalue weighted by molar-refractivity contribution is 6.36. The molecule has 1 atom stereocenters. The fourth-order valence-electron chi connectivity index (χ4n) is 4.74. The number of hydrogen-bond donors (Lipinski definition) is 0. The molecule has 1 aliphatic rings. The second-order valence-corrected chi connectivity index (χ2v) is 9.92. The summed E-state index contributed by atoms with van der Waals surface area (Å²) >= 11 is 12.8. The van der Waals surface area contributed by atoms with Crippen molar-refractivity contribution in [3.63, 3.8) is 0 Å². The summed E-state index contributed by atoms with van der Waals surface area (Å²) in [6, 6.07) is 8.91. The van der Waals surface area contributed by atoms with E-state index >= 15 is 0 Å². The van der Waals surface area contributed by atoms with Crippen molar-refractivity contribution < 1.29 is 9.15 Å². The zero-order valence-electron chi connectivity index (χ0n) is 18.9. The van der Waals surface area contributed by atoms with Crippen LogP contribution in [0.15, 0.2) is 44.3 Å². The standard InChI is InChI=1S/C24H23Cl2N3O4/c1-12-6-9-16(33-12)21-20-19-17(22(30)28(5)23(31)27(19)4)18(29(20)24(2,3)11-32-21)14-8-7-13(25)10-15(14)26/h6-10,21H,11H2,1-5H3/t21-/m0/s1. The average Bonchev–Trinajstić information content (AvgIpc) is 3.33. The Labute approximate surface area is 199 Å². The van der Waals surface area contributed by atoms with Gasteiger partial charge in [-0.25, -0.2) is 4.79 Å². The third-order valence-corrected chi connectivity index (χ3v) is 6.82. The Morgan fingerprint density at radius 2 is 1.79 bits per heavy atom. The van der Waals surface area contributed by atoms with Crippen molar-refractivity contribution in [2.45, 2.75) is 32.4 Å². The zero-order valence-corrected chi connectivity index (χ0v) is 20.4. The van der Waals surface area contributed by atoms with E-state index in [1.54, 1.807) is 25.2 Å². The number of benzene rings is 1. The predicted octanol–water partition coefficient (Wildman–Crippen LogP) is 4.77. The first kappa shape index (κ1) is 22.1. The molecule has 4 aromatic rings. The van der Waals surface area contributed by atoms with Gasteiger partial charge in [-0.2, -0.15) is 0 Å². The van der Waals surface area contributed by atoms with Crippen LogP contribution in [0.1, 0.15) is 37.2 Å². The highest BCUT2D eigenvalue weighted by Crippen LogP contribution is 2.47. The molecule has 0 bridgehead atoms. The number of nitrogens with zero attached hydrogens (tertiary/aromatic N) is 3. The van der Waals surface area contributed by atoms with Crippen LogP contribution >= 0.6 is 23.2 Å². The fraction of sp³-hybridized carbons (Fsp3) is 0.333. The normalized spacial score (nSPS) is 17.5. The van der Waals surface area contributed by atoms with E-state index in [1.165, 1.54) is 11.6 Å². The van der Waals surface area contributed by atoms with Crippen LogP contribution in [0.4, 0.5) is 0 Å². The minimum Gasteiger partial charge on any atom is -0.463 e. The van der Waals surface area contributed by atoms with Gasteiger partial charge in [-0.15, -0.1) is 0 Å². The summed E-state index contributed by atoms with van der Waals surface area (Å²) in [7, 11) is 3.13. The van der Waals surface area contributed by atoms with E-state index < -0.39 is 22.9 Å². The second kappa shape index (κ2) is 7.38. The van der Waals surface area contributed by atoms with Crippen molar-refractivity contribution in [3.05, 3.63) is 78.4 Å². The molecule has 172 valence electrons. The first-order valence-electron chi connectivity index (χ1n) is 10.5. The molecule has 0 N–H and O–H groups in total. The van der Waals surface area contributed by atoms with Crippen LogP contribution in [-0.2, 0) is 24.4 Å². The monoisotopic (exact) mass is 487 g/mol. The molecule has 0 radical (unpaired) electrons. The van der Waals surface area contributed by atoms with E-state index in [-0.39, 0.29) is 0 Å². The largest absolute Gasteiger partial charge is 0.463 e. The molecule has 3 aromatic heterocycles. The van der Waals surface area contributed by atoms with Crippen LogP contribution in [0.25, 0.3) is 22.2 Å². The van der Waals surface area contributed by atoms with E-state index in [0.29, 0.717) is 50.3 Å². The van der Waals surface area contributed by atoms with Crippen molar-refractivity contribution in [1.82, 2.24) is 13.7 Å². The van der Waals surface area contributed by atoms with Crippen LogP contribution in [0, 0.1) is 6.92 Å². The lowest BCUT2D eigenvalue weighted by Gasteiger charge is -2.38. The van der Waals surface area contributed by atoms with Gasteiger partial charge in [-0.1, -0.05) is 23.2 Å². The van der Waals surface area contributed by atoms with E-state index in [2.05, 4.69) is 4.57 Å².